The van der Waals surface area contributed by atoms with Crippen molar-refractivity contribution < 1.29 is 18.7 Å². The summed E-state index contributed by atoms with van der Waals surface area (Å²) in [5.41, 5.74) is 1.81. The molecule has 0 aliphatic heterocycles. The molecule has 0 aliphatic rings. The summed E-state index contributed by atoms with van der Waals surface area (Å²) in [6.45, 7) is 7.20. The normalized spacial score (nSPS) is 10.6. The number of nitriles is 1. The summed E-state index contributed by atoms with van der Waals surface area (Å²) in [5, 5.41) is 19.6. The Morgan fingerprint density at radius 2 is 1.92 bits per heavy atom. The third-order valence-corrected chi connectivity index (χ3v) is 6.41. The largest absolute Gasteiger partial charge is 0.488 e. The van der Waals surface area contributed by atoms with Crippen LogP contribution in [0.3, 0.4) is 0 Å². The number of benzene rings is 2. The molecule has 0 atom stereocenters. The van der Waals surface area contributed by atoms with E-state index in [2.05, 4.69) is 20.9 Å². The molecule has 0 fully saturated rings. The Kier molecular flexibility index (Phi) is 8.09. The number of halogens is 3. The first-order valence-corrected chi connectivity index (χ1v) is 12.1. The quantitative estimate of drug-likeness (QED) is 0.147. The zero-order valence-electron chi connectivity index (χ0n) is 18.3. The summed E-state index contributed by atoms with van der Waals surface area (Å²) in [4.78, 5) is 12.1. The Labute approximate surface area is 219 Å². The van der Waals surface area contributed by atoms with Crippen molar-refractivity contribution in [2.75, 3.05) is 13.2 Å². The van der Waals surface area contributed by atoms with Crippen molar-refractivity contribution in [2.45, 2.75) is 10.8 Å². The second kappa shape index (κ2) is 11.4. The van der Waals surface area contributed by atoms with Gasteiger partial charge in [0.25, 0.3) is 0 Å². The van der Waals surface area contributed by atoms with Crippen LogP contribution in [0.5, 0.6) is 5.75 Å². The number of thioether (sulfide) groups is 1. The number of hydrogen-bond donors (Lipinski definition) is 1. The van der Waals surface area contributed by atoms with Gasteiger partial charge in [-0.15, -0.1) is 0 Å². The van der Waals surface area contributed by atoms with Crippen molar-refractivity contribution in [2.24, 2.45) is 0 Å². The molecule has 180 valence electrons. The minimum absolute atomic E-state index is 0.0621. The minimum Gasteiger partial charge on any atom is -0.488 e. The SMILES string of the molecule is [C-]#[N+]c1c(Cl)nc(SCc2coc(-c3ccc(Cl)cc3)n2)c(C#N)c1-c1ccc(OCCO)c(F)c1. The smallest absolute Gasteiger partial charge is 0.232 e. The second-order valence-electron chi connectivity index (χ2n) is 7.19. The first-order valence-electron chi connectivity index (χ1n) is 10.3. The Morgan fingerprint density at radius 1 is 1.17 bits per heavy atom. The summed E-state index contributed by atoms with van der Waals surface area (Å²) >= 11 is 13.4. The fourth-order valence-corrected chi connectivity index (χ4v) is 4.55. The highest BCUT2D eigenvalue weighted by Crippen LogP contribution is 2.43. The molecular formula is C25H15Cl2FN4O3S. The molecule has 7 nitrogen and oxygen atoms in total. The number of aliphatic hydroxyl groups is 1. The van der Waals surface area contributed by atoms with E-state index in [0.29, 0.717) is 22.4 Å². The summed E-state index contributed by atoms with van der Waals surface area (Å²) < 4.78 is 25.3. The summed E-state index contributed by atoms with van der Waals surface area (Å²) in [6.07, 6.45) is 1.50. The molecule has 11 heteroatoms. The van der Waals surface area contributed by atoms with Crippen LogP contribution in [0.4, 0.5) is 10.1 Å². The number of hydrogen-bond acceptors (Lipinski definition) is 7. The number of ether oxygens (including phenoxy) is 1. The van der Waals surface area contributed by atoms with Crippen LogP contribution in [-0.4, -0.2) is 28.3 Å². The van der Waals surface area contributed by atoms with Gasteiger partial charge < -0.3 is 14.3 Å². The van der Waals surface area contributed by atoms with Gasteiger partial charge in [-0.2, -0.15) is 5.26 Å². The maximum Gasteiger partial charge on any atom is 0.232 e. The van der Waals surface area contributed by atoms with Crippen LogP contribution >= 0.6 is 35.0 Å². The van der Waals surface area contributed by atoms with Gasteiger partial charge in [0.15, 0.2) is 11.6 Å². The van der Waals surface area contributed by atoms with Gasteiger partial charge in [-0.25, -0.2) is 19.2 Å². The molecule has 0 spiro atoms. The molecule has 0 bridgehead atoms. The second-order valence-corrected chi connectivity index (χ2v) is 8.95. The zero-order chi connectivity index (χ0) is 25.7. The summed E-state index contributed by atoms with van der Waals surface area (Å²) in [7, 11) is 0. The summed E-state index contributed by atoms with van der Waals surface area (Å²) in [5.74, 6) is -0.0567. The van der Waals surface area contributed by atoms with Gasteiger partial charge in [0.2, 0.25) is 11.6 Å². The third-order valence-electron chi connectivity index (χ3n) is 4.89. The zero-order valence-corrected chi connectivity index (χ0v) is 20.7. The molecule has 36 heavy (non-hydrogen) atoms. The molecule has 0 aliphatic carbocycles. The van der Waals surface area contributed by atoms with E-state index in [9.17, 15) is 9.65 Å². The fourth-order valence-electron chi connectivity index (χ4n) is 3.29. The van der Waals surface area contributed by atoms with E-state index in [1.165, 1.54) is 30.2 Å². The molecule has 1 N–H and O–H groups in total. The number of pyridine rings is 1. The standard InChI is InChI=1S/C25H15Cl2FN4O3S/c1-30-22-21(15-4-7-20(19(28)10-15)34-9-8-33)18(11-29)25(32-23(22)27)36-13-17-12-35-24(31-17)14-2-5-16(26)6-3-14/h2-7,10,12,33H,8-9,13H2. The molecule has 2 aromatic carbocycles. The van der Waals surface area contributed by atoms with Gasteiger partial charge in [0, 0.05) is 21.9 Å². The molecule has 0 unspecified atom stereocenters. The van der Waals surface area contributed by atoms with E-state index in [0.717, 1.165) is 11.6 Å². The first-order chi connectivity index (χ1) is 17.4. The Hall–Kier alpha value is -3.60. The summed E-state index contributed by atoms with van der Waals surface area (Å²) in [6, 6.07) is 13.1. The lowest BCUT2D eigenvalue weighted by Gasteiger charge is -2.13. The topological polar surface area (TPSA) is 96.5 Å². The van der Waals surface area contributed by atoms with Crippen molar-refractivity contribution in [3.05, 3.63) is 87.4 Å². The third kappa shape index (κ3) is 5.46. The van der Waals surface area contributed by atoms with Crippen LogP contribution in [0, 0.1) is 23.7 Å². The number of oxazole rings is 1. The molecule has 0 saturated carbocycles. The van der Waals surface area contributed by atoms with Crippen LogP contribution in [0.15, 0.2) is 58.2 Å². The highest BCUT2D eigenvalue weighted by Gasteiger charge is 2.22. The van der Waals surface area contributed by atoms with Crippen molar-refractivity contribution in [1.29, 1.82) is 5.26 Å². The highest BCUT2D eigenvalue weighted by atomic mass is 35.5. The molecule has 0 radical (unpaired) electrons. The lowest BCUT2D eigenvalue weighted by atomic mass is 10.00. The van der Waals surface area contributed by atoms with Crippen LogP contribution in [0.2, 0.25) is 10.2 Å². The Morgan fingerprint density at radius 3 is 2.58 bits per heavy atom. The lowest BCUT2D eigenvalue weighted by Crippen LogP contribution is -2.03. The maximum atomic E-state index is 14.6. The molecule has 4 rings (SSSR count). The van der Waals surface area contributed by atoms with Crippen molar-refractivity contribution in [1.82, 2.24) is 9.97 Å². The number of nitrogens with zero attached hydrogens (tertiary/aromatic N) is 4. The van der Waals surface area contributed by atoms with Gasteiger partial charge in [-0.3, -0.25) is 0 Å². The molecular weight excluding hydrogens is 526 g/mol. The number of aliphatic hydroxyl groups excluding tert-OH is 1. The number of rotatable bonds is 8. The average Bonchev–Trinajstić information content (AvgIpc) is 3.35. The van der Waals surface area contributed by atoms with Gasteiger partial charge in [0.1, 0.15) is 29.1 Å². The van der Waals surface area contributed by atoms with Gasteiger partial charge in [0.05, 0.1) is 24.4 Å². The Bertz CT molecular complexity index is 1500. The molecule has 2 aromatic heterocycles. The highest BCUT2D eigenvalue weighted by molar-refractivity contribution is 7.98. The van der Waals surface area contributed by atoms with Gasteiger partial charge in [-0.1, -0.05) is 41.0 Å². The van der Waals surface area contributed by atoms with E-state index in [-0.39, 0.29) is 51.5 Å². The Balaban J connectivity index is 1.66. The van der Waals surface area contributed by atoms with E-state index < -0.39 is 5.82 Å². The van der Waals surface area contributed by atoms with Crippen LogP contribution < -0.4 is 4.74 Å². The fraction of sp³-hybridized carbons (Fsp3) is 0.120. The number of aromatic nitrogens is 2. The monoisotopic (exact) mass is 540 g/mol. The molecule has 0 saturated heterocycles. The van der Waals surface area contributed by atoms with E-state index in [4.69, 9.17) is 44.0 Å². The predicted molar refractivity (Wildman–Crippen MR) is 135 cm³/mol. The lowest BCUT2D eigenvalue weighted by molar-refractivity contribution is 0.196. The van der Waals surface area contributed by atoms with Crippen molar-refractivity contribution >= 4 is 40.7 Å². The van der Waals surface area contributed by atoms with Crippen LogP contribution in [0.1, 0.15) is 11.3 Å². The average molecular weight is 541 g/mol. The van der Waals surface area contributed by atoms with E-state index in [1.807, 2.05) is 0 Å². The van der Waals surface area contributed by atoms with Gasteiger partial charge >= 0.3 is 0 Å². The molecule has 2 heterocycles. The van der Waals surface area contributed by atoms with E-state index >= 15 is 0 Å². The van der Waals surface area contributed by atoms with Gasteiger partial charge in [-0.05, 0) is 42.0 Å². The maximum absolute atomic E-state index is 14.6. The van der Waals surface area contributed by atoms with Crippen molar-refractivity contribution in [3.63, 3.8) is 0 Å². The first kappa shape index (κ1) is 25.5. The minimum atomic E-state index is -0.708. The van der Waals surface area contributed by atoms with E-state index in [1.54, 1.807) is 24.3 Å². The molecule has 4 aromatic rings. The van der Waals surface area contributed by atoms with Crippen LogP contribution in [0.25, 0.3) is 27.4 Å². The predicted octanol–water partition coefficient (Wildman–Crippen LogP) is 6.94. The van der Waals surface area contributed by atoms with Crippen molar-refractivity contribution in [3.8, 4) is 34.4 Å². The van der Waals surface area contributed by atoms with Crippen LogP contribution in [-0.2, 0) is 5.75 Å². The molecule has 0 amide bonds.